The fraction of sp³-hybridized carbons (Fsp3) is 0.316. The van der Waals surface area contributed by atoms with Crippen LogP contribution in [0.5, 0.6) is 5.75 Å². The molecule has 0 radical (unpaired) electrons. The van der Waals surface area contributed by atoms with Crippen LogP contribution in [0.2, 0.25) is 0 Å². The molecule has 2 aromatic rings. The van der Waals surface area contributed by atoms with Gasteiger partial charge >= 0.3 is 0 Å². The Balaban J connectivity index is 1.75. The quantitative estimate of drug-likeness (QED) is 0.642. The molecule has 0 saturated carbocycles. The molecule has 0 spiro atoms. The van der Waals surface area contributed by atoms with Crippen LogP contribution in [0.4, 0.5) is 17.1 Å². The molecule has 0 bridgehead atoms. The molecule has 0 aromatic heterocycles. The molecular formula is C19H19N3O4. The SMILES string of the molecule is Cc1cc(Nc2ccc([N+](=O)[O-])cc2C#N)ccc1OC1CCOCC1. The number of anilines is 2. The molecule has 1 fully saturated rings. The lowest BCUT2D eigenvalue weighted by Crippen LogP contribution is -2.26. The molecule has 7 nitrogen and oxygen atoms in total. The Kier molecular flexibility index (Phi) is 5.34. The van der Waals surface area contributed by atoms with Gasteiger partial charge in [-0.3, -0.25) is 10.1 Å². The molecule has 0 atom stereocenters. The number of ether oxygens (including phenoxy) is 2. The Morgan fingerprint density at radius 2 is 2.04 bits per heavy atom. The van der Waals surface area contributed by atoms with Gasteiger partial charge in [0.05, 0.1) is 29.4 Å². The summed E-state index contributed by atoms with van der Waals surface area (Å²) in [5.41, 5.74) is 2.40. The van der Waals surface area contributed by atoms with Gasteiger partial charge in [0.1, 0.15) is 17.9 Å². The molecule has 134 valence electrons. The standard InChI is InChI=1S/C19H19N3O4/c1-13-10-15(2-5-19(13)26-17-6-8-25-9-7-17)21-18-4-3-16(22(23)24)11-14(18)12-20/h2-5,10-11,17,21H,6-9H2,1H3. The zero-order chi connectivity index (χ0) is 18.5. The number of hydrogen-bond donors (Lipinski definition) is 1. The Bertz CT molecular complexity index is 854. The predicted molar refractivity (Wildman–Crippen MR) is 96.7 cm³/mol. The van der Waals surface area contributed by atoms with E-state index in [2.05, 4.69) is 5.32 Å². The molecule has 0 unspecified atom stereocenters. The first-order valence-corrected chi connectivity index (χ1v) is 8.37. The van der Waals surface area contributed by atoms with Crippen molar-refractivity contribution < 1.29 is 14.4 Å². The van der Waals surface area contributed by atoms with E-state index in [1.54, 1.807) is 6.07 Å². The molecule has 1 heterocycles. The van der Waals surface area contributed by atoms with Crippen LogP contribution >= 0.6 is 0 Å². The van der Waals surface area contributed by atoms with Gasteiger partial charge in [0, 0.05) is 30.7 Å². The maximum atomic E-state index is 10.8. The summed E-state index contributed by atoms with van der Waals surface area (Å²) in [6.07, 6.45) is 1.93. The zero-order valence-electron chi connectivity index (χ0n) is 14.4. The molecule has 1 aliphatic heterocycles. The van der Waals surface area contributed by atoms with Crippen LogP contribution < -0.4 is 10.1 Å². The van der Waals surface area contributed by atoms with Gasteiger partial charge in [-0.15, -0.1) is 0 Å². The van der Waals surface area contributed by atoms with E-state index in [4.69, 9.17) is 9.47 Å². The highest BCUT2D eigenvalue weighted by molar-refractivity contribution is 5.69. The number of nitrogens with one attached hydrogen (secondary N) is 1. The number of rotatable bonds is 5. The predicted octanol–water partition coefficient (Wildman–Crippen LogP) is 4.08. The highest BCUT2D eigenvalue weighted by atomic mass is 16.6. The van der Waals surface area contributed by atoms with E-state index in [1.165, 1.54) is 12.1 Å². The Morgan fingerprint density at radius 1 is 1.27 bits per heavy atom. The molecule has 1 saturated heterocycles. The van der Waals surface area contributed by atoms with Crippen LogP contribution in [-0.4, -0.2) is 24.2 Å². The van der Waals surface area contributed by atoms with Gasteiger partial charge in [-0.25, -0.2) is 0 Å². The summed E-state index contributed by atoms with van der Waals surface area (Å²) in [5, 5.41) is 23.2. The first kappa shape index (κ1) is 17.7. The van der Waals surface area contributed by atoms with Crippen LogP contribution in [0, 0.1) is 28.4 Å². The lowest BCUT2D eigenvalue weighted by atomic mass is 10.1. The van der Waals surface area contributed by atoms with Gasteiger partial charge < -0.3 is 14.8 Å². The third-order valence-corrected chi connectivity index (χ3v) is 4.25. The van der Waals surface area contributed by atoms with E-state index in [-0.39, 0.29) is 17.4 Å². The molecule has 7 heteroatoms. The topological polar surface area (TPSA) is 97.4 Å². The van der Waals surface area contributed by atoms with E-state index >= 15 is 0 Å². The van der Waals surface area contributed by atoms with Gasteiger partial charge in [0.25, 0.3) is 5.69 Å². The highest BCUT2D eigenvalue weighted by Gasteiger charge is 2.16. The van der Waals surface area contributed by atoms with Gasteiger partial charge in [0.2, 0.25) is 0 Å². The minimum atomic E-state index is -0.517. The van der Waals surface area contributed by atoms with Crippen molar-refractivity contribution in [2.24, 2.45) is 0 Å². The number of nitro groups is 1. The number of hydrogen-bond acceptors (Lipinski definition) is 6. The number of nitriles is 1. The van der Waals surface area contributed by atoms with Crippen molar-refractivity contribution in [2.75, 3.05) is 18.5 Å². The molecule has 3 rings (SSSR count). The average Bonchev–Trinajstić information content (AvgIpc) is 2.65. The maximum Gasteiger partial charge on any atom is 0.270 e. The van der Waals surface area contributed by atoms with Crippen molar-refractivity contribution in [2.45, 2.75) is 25.9 Å². The molecule has 0 amide bonds. The molecule has 2 aromatic carbocycles. The Morgan fingerprint density at radius 3 is 2.69 bits per heavy atom. The summed E-state index contributed by atoms with van der Waals surface area (Å²) < 4.78 is 11.4. The van der Waals surface area contributed by atoms with E-state index < -0.39 is 4.92 Å². The van der Waals surface area contributed by atoms with Gasteiger partial charge in [0.15, 0.2) is 0 Å². The van der Waals surface area contributed by atoms with Crippen molar-refractivity contribution in [3.63, 3.8) is 0 Å². The first-order chi connectivity index (χ1) is 12.6. The van der Waals surface area contributed by atoms with E-state index in [0.717, 1.165) is 43.1 Å². The van der Waals surface area contributed by atoms with E-state index in [9.17, 15) is 15.4 Å². The molecule has 1 N–H and O–H groups in total. The fourth-order valence-electron chi connectivity index (χ4n) is 2.84. The number of aryl methyl sites for hydroxylation is 1. The van der Waals surface area contributed by atoms with Crippen LogP contribution in [0.3, 0.4) is 0 Å². The summed E-state index contributed by atoms with van der Waals surface area (Å²) >= 11 is 0. The lowest BCUT2D eigenvalue weighted by Gasteiger charge is -2.24. The second-order valence-corrected chi connectivity index (χ2v) is 6.13. The number of nitro benzene ring substituents is 1. The van der Waals surface area contributed by atoms with Crippen LogP contribution in [0.1, 0.15) is 24.0 Å². The third-order valence-electron chi connectivity index (χ3n) is 4.25. The maximum absolute atomic E-state index is 10.8. The third kappa shape index (κ3) is 4.10. The Hall–Kier alpha value is -3.11. The highest BCUT2D eigenvalue weighted by Crippen LogP contribution is 2.29. The van der Waals surface area contributed by atoms with Crippen molar-refractivity contribution in [1.29, 1.82) is 5.26 Å². The summed E-state index contributed by atoms with van der Waals surface area (Å²) in [7, 11) is 0. The Labute approximate surface area is 151 Å². The average molecular weight is 353 g/mol. The van der Waals surface area contributed by atoms with Crippen molar-refractivity contribution in [1.82, 2.24) is 0 Å². The van der Waals surface area contributed by atoms with E-state index in [1.807, 2.05) is 31.2 Å². The van der Waals surface area contributed by atoms with E-state index in [0.29, 0.717) is 5.69 Å². The summed E-state index contributed by atoms with van der Waals surface area (Å²) in [4.78, 5) is 10.3. The van der Waals surface area contributed by atoms with Gasteiger partial charge in [-0.1, -0.05) is 0 Å². The van der Waals surface area contributed by atoms with Crippen molar-refractivity contribution in [3.05, 3.63) is 57.6 Å². The van der Waals surface area contributed by atoms with Crippen molar-refractivity contribution >= 4 is 17.1 Å². The fourth-order valence-corrected chi connectivity index (χ4v) is 2.84. The largest absolute Gasteiger partial charge is 0.490 e. The molecular weight excluding hydrogens is 334 g/mol. The number of benzene rings is 2. The number of non-ortho nitro benzene ring substituents is 1. The zero-order valence-corrected chi connectivity index (χ0v) is 14.4. The molecule has 26 heavy (non-hydrogen) atoms. The van der Waals surface area contributed by atoms with Crippen LogP contribution in [-0.2, 0) is 4.74 Å². The lowest BCUT2D eigenvalue weighted by molar-refractivity contribution is -0.384. The second kappa shape index (κ2) is 7.85. The monoisotopic (exact) mass is 353 g/mol. The number of nitrogens with zero attached hydrogens (tertiary/aromatic N) is 2. The normalized spacial score (nSPS) is 14.5. The summed E-state index contributed by atoms with van der Waals surface area (Å²) in [5.74, 6) is 0.826. The summed E-state index contributed by atoms with van der Waals surface area (Å²) in [6.45, 7) is 3.40. The van der Waals surface area contributed by atoms with Crippen LogP contribution in [0.15, 0.2) is 36.4 Å². The first-order valence-electron chi connectivity index (χ1n) is 8.37. The van der Waals surface area contributed by atoms with Gasteiger partial charge in [-0.2, -0.15) is 5.26 Å². The molecule has 0 aliphatic carbocycles. The molecule has 1 aliphatic rings. The van der Waals surface area contributed by atoms with Crippen LogP contribution in [0.25, 0.3) is 0 Å². The minimum absolute atomic E-state index is 0.108. The summed E-state index contributed by atoms with van der Waals surface area (Å²) in [6, 6.07) is 11.8. The smallest absolute Gasteiger partial charge is 0.270 e. The minimum Gasteiger partial charge on any atom is -0.490 e. The van der Waals surface area contributed by atoms with Crippen molar-refractivity contribution in [3.8, 4) is 11.8 Å². The second-order valence-electron chi connectivity index (χ2n) is 6.13. The van der Waals surface area contributed by atoms with Gasteiger partial charge in [-0.05, 0) is 36.8 Å².